The predicted octanol–water partition coefficient (Wildman–Crippen LogP) is 6.57. The highest BCUT2D eigenvalue weighted by Gasteiger charge is 2.09. The maximum Gasteiger partial charge on any atom is 0.0352 e. The summed E-state index contributed by atoms with van der Waals surface area (Å²) < 4.78 is 2.84. The van der Waals surface area contributed by atoms with Crippen LogP contribution in [0.2, 0.25) is 0 Å². The van der Waals surface area contributed by atoms with Gasteiger partial charge < -0.3 is 0 Å². The molecule has 0 aliphatic heterocycles. The van der Waals surface area contributed by atoms with Gasteiger partial charge in [0.2, 0.25) is 0 Å². The molecular formula is C16H20S2. The van der Waals surface area contributed by atoms with Gasteiger partial charge >= 0.3 is 0 Å². The highest BCUT2D eigenvalue weighted by molar-refractivity contribution is 7.21. The first-order valence-corrected chi connectivity index (χ1v) is 8.21. The van der Waals surface area contributed by atoms with Crippen molar-refractivity contribution >= 4 is 42.8 Å². The zero-order valence-electron chi connectivity index (χ0n) is 11.7. The maximum absolute atomic E-state index is 2.37. The highest BCUT2D eigenvalue weighted by atomic mass is 32.1. The number of rotatable bonds is 1. The van der Waals surface area contributed by atoms with Crippen molar-refractivity contribution in [2.24, 2.45) is 0 Å². The Morgan fingerprint density at radius 1 is 0.889 bits per heavy atom. The number of aryl methyl sites for hydroxylation is 1. The third kappa shape index (κ3) is 2.32. The van der Waals surface area contributed by atoms with E-state index in [-0.39, 0.29) is 0 Å². The Labute approximate surface area is 117 Å². The smallest absolute Gasteiger partial charge is 0.0352 e. The Morgan fingerprint density at radius 2 is 1.44 bits per heavy atom. The third-order valence-electron chi connectivity index (χ3n) is 2.91. The zero-order valence-corrected chi connectivity index (χ0v) is 13.3. The number of hydrogen-bond acceptors (Lipinski definition) is 2. The lowest BCUT2D eigenvalue weighted by atomic mass is 10.1. The van der Waals surface area contributed by atoms with Crippen LogP contribution in [0.1, 0.15) is 43.4 Å². The average Bonchev–Trinajstić information content (AvgIpc) is 2.92. The molecule has 2 aromatic heterocycles. The summed E-state index contributed by atoms with van der Waals surface area (Å²) in [6.45, 7) is 10.7. The van der Waals surface area contributed by atoms with Crippen molar-refractivity contribution in [2.45, 2.75) is 40.5 Å². The summed E-state index contributed by atoms with van der Waals surface area (Å²) >= 11 is 3.82. The Bertz CT molecular complexity index is 656. The van der Waals surface area contributed by atoms with Crippen molar-refractivity contribution in [3.8, 4) is 0 Å². The molecule has 96 valence electrons. The van der Waals surface area contributed by atoms with Crippen molar-refractivity contribution < 1.29 is 0 Å². The number of fused-ring (bicyclic) bond motifs is 3. The summed E-state index contributed by atoms with van der Waals surface area (Å²) in [7, 11) is 0. The number of thiophene rings is 2. The fourth-order valence-corrected chi connectivity index (χ4v) is 4.08. The monoisotopic (exact) mass is 276 g/mol. The van der Waals surface area contributed by atoms with E-state index in [4.69, 9.17) is 0 Å². The number of hydrogen-bond donors (Lipinski definition) is 0. The van der Waals surface area contributed by atoms with Gasteiger partial charge in [-0.1, -0.05) is 27.7 Å². The summed E-state index contributed by atoms with van der Waals surface area (Å²) in [4.78, 5) is 2.89. The molecule has 0 amide bonds. The molecule has 0 spiro atoms. The molecule has 0 N–H and O–H groups in total. The first kappa shape index (κ1) is 13.6. The van der Waals surface area contributed by atoms with E-state index in [0.717, 1.165) is 0 Å². The van der Waals surface area contributed by atoms with Crippen LogP contribution in [0.15, 0.2) is 24.3 Å². The zero-order chi connectivity index (χ0) is 13.3. The van der Waals surface area contributed by atoms with E-state index >= 15 is 0 Å². The summed E-state index contributed by atoms with van der Waals surface area (Å²) in [5.74, 6) is 0.632. The minimum Gasteiger partial charge on any atom is -0.141 e. The van der Waals surface area contributed by atoms with Crippen LogP contribution in [0.25, 0.3) is 20.2 Å². The second kappa shape index (κ2) is 5.41. The molecule has 0 radical (unpaired) electrons. The lowest BCUT2D eigenvalue weighted by Crippen LogP contribution is -1.77. The normalized spacial score (nSPS) is 11.0. The van der Waals surface area contributed by atoms with Gasteiger partial charge in [-0.05, 0) is 37.1 Å². The van der Waals surface area contributed by atoms with Crippen LogP contribution in [0, 0.1) is 6.92 Å². The van der Waals surface area contributed by atoms with Crippen LogP contribution in [0.5, 0.6) is 0 Å². The van der Waals surface area contributed by atoms with Crippen molar-refractivity contribution in [3.05, 3.63) is 34.0 Å². The molecule has 3 aromatic rings. The molecule has 2 heteroatoms. The Balaban J connectivity index is 0.000000574. The summed E-state index contributed by atoms with van der Waals surface area (Å²) in [6.07, 6.45) is 0. The first-order chi connectivity index (χ1) is 8.65. The molecule has 0 unspecified atom stereocenters. The van der Waals surface area contributed by atoms with E-state index in [1.165, 1.54) is 29.9 Å². The summed E-state index contributed by atoms with van der Waals surface area (Å²) in [5.41, 5.74) is 0. The van der Waals surface area contributed by atoms with Gasteiger partial charge in [0.25, 0.3) is 0 Å². The van der Waals surface area contributed by atoms with Gasteiger partial charge in [0.1, 0.15) is 0 Å². The van der Waals surface area contributed by atoms with Gasteiger partial charge in [0.05, 0.1) is 0 Å². The molecule has 0 saturated carbocycles. The number of benzene rings is 1. The molecular weight excluding hydrogens is 256 g/mol. The molecule has 0 fully saturated rings. The van der Waals surface area contributed by atoms with Gasteiger partial charge in [-0.25, -0.2) is 0 Å². The molecule has 0 saturated heterocycles. The predicted molar refractivity (Wildman–Crippen MR) is 87.4 cm³/mol. The van der Waals surface area contributed by atoms with Crippen molar-refractivity contribution in [3.63, 3.8) is 0 Å². The van der Waals surface area contributed by atoms with Gasteiger partial charge in [0.15, 0.2) is 0 Å². The van der Waals surface area contributed by atoms with Crippen LogP contribution in [0.3, 0.4) is 0 Å². The van der Waals surface area contributed by atoms with Crippen LogP contribution in [-0.2, 0) is 0 Å². The standard InChI is InChI=1S/C14H14S2.C2H6/c1-8(2)14-7-11-10-6-9(3)15-12(10)4-5-13(11)16-14;1-2/h4-8H,1-3H3;1-2H3. The average molecular weight is 276 g/mol. The maximum atomic E-state index is 2.37. The third-order valence-corrected chi connectivity index (χ3v) is 5.33. The summed E-state index contributed by atoms with van der Waals surface area (Å²) in [6, 6.07) is 9.22. The lowest BCUT2D eigenvalue weighted by Gasteiger charge is -1.96. The van der Waals surface area contributed by atoms with Gasteiger partial charge in [-0.3, -0.25) is 0 Å². The largest absolute Gasteiger partial charge is 0.141 e. The molecule has 2 heterocycles. The van der Waals surface area contributed by atoms with E-state index in [9.17, 15) is 0 Å². The van der Waals surface area contributed by atoms with Gasteiger partial charge in [-0.2, -0.15) is 0 Å². The van der Waals surface area contributed by atoms with E-state index < -0.39 is 0 Å². The van der Waals surface area contributed by atoms with Crippen LogP contribution >= 0.6 is 22.7 Å². The highest BCUT2D eigenvalue weighted by Crippen LogP contribution is 2.37. The molecule has 3 rings (SSSR count). The quantitative estimate of drug-likeness (QED) is 0.471. The van der Waals surface area contributed by atoms with E-state index in [1.807, 2.05) is 36.5 Å². The Morgan fingerprint density at radius 3 is 2.06 bits per heavy atom. The molecule has 0 nitrogen and oxygen atoms in total. The molecule has 0 aliphatic carbocycles. The minimum atomic E-state index is 0.632. The Kier molecular flexibility index (Phi) is 4.08. The Hall–Kier alpha value is -0.860. The SMILES string of the molecule is CC.Cc1cc2c(ccc3sc(C(C)C)cc32)s1. The summed E-state index contributed by atoms with van der Waals surface area (Å²) in [5, 5.41) is 2.87. The van der Waals surface area contributed by atoms with Crippen molar-refractivity contribution in [1.29, 1.82) is 0 Å². The molecule has 1 aromatic carbocycles. The topological polar surface area (TPSA) is 0 Å². The van der Waals surface area contributed by atoms with E-state index in [2.05, 4.69) is 45.0 Å². The fourth-order valence-electron chi connectivity index (χ4n) is 2.06. The van der Waals surface area contributed by atoms with E-state index in [0.29, 0.717) is 5.92 Å². The molecule has 0 bridgehead atoms. The van der Waals surface area contributed by atoms with Crippen LogP contribution in [-0.4, -0.2) is 0 Å². The van der Waals surface area contributed by atoms with Gasteiger partial charge in [0, 0.05) is 29.9 Å². The second-order valence-electron chi connectivity index (χ2n) is 4.55. The first-order valence-electron chi connectivity index (χ1n) is 6.58. The van der Waals surface area contributed by atoms with Gasteiger partial charge in [-0.15, -0.1) is 22.7 Å². The van der Waals surface area contributed by atoms with E-state index in [1.54, 1.807) is 0 Å². The molecule has 0 atom stereocenters. The second-order valence-corrected chi connectivity index (χ2v) is 6.95. The van der Waals surface area contributed by atoms with Crippen molar-refractivity contribution in [1.82, 2.24) is 0 Å². The minimum absolute atomic E-state index is 0.632. The van der Waals surface area contributed by atoms with Crippen LogP contribution < -0.4 is 0 Å². The van der Waals surface area contributed by atoms with Crippen LogP contribution in [0.4, 0.5) is 0 Å². The fraction of sp³-hybridized carbons (Fsp3) is 0.375. The lowest BCUT2D eigenvalue weighted by molar-refractivity contribution is 0.890. The van der Waals surface area contributed by atoms with Crippen molar-refractivity contribution in [2.75, 3.05) is 0 Å². The molecule has 0 aliphatic rings. The molecule has 18 heavy (non-hydrogen) atoms.